The van der Waals surface area contributed by atoms with Gasteiger partial charge < -0.3 is 4.90 Å². The van der Waals surface area contributed by atoms with Crippen molar-refractivity contribution in [3.8, 4) is 11.4 Å². The average molecular weight is 373 g/mol. The van der Waals surface area contributed by atoms with Gasteiger partial charge in [0.05, 0.1) is 5.69 Å². The Balaban J connectivity index is 1.47. The van der Waals surface area contributed by atoms with Crippen molar-refractivity contribution in [2.45, 2.75) is 38.0 Å². The number of amides is 1. The molecule has 0 bridgehead atoms. The molecule has 1 atom stereocenters. The molecule has 6 nitrogen and oxygen atoms in total. The zero-order valence-electron chi connectivity index (χ0n) is 16.0. The minimum absolute atomic E-state index is 0.00853. The van der Waals surface area contributed by atoms with Gasteiger partial charge in [0.2, 0.25) is 0 Å². The van der Waals surface area contributed by atoms with Crippen LogP contribution < -0.4 is 0 Å². The number of hydrogen-bond acceptors (Lipinski definition) is 4. The van der Waals surface area contributed by atoms with Crippen LogP contribution in [0, 0.1) is 6.92 Å². The summed E-state index contributed by atoms with van der Waals surface area (Å²) >= 11 is 0. The number of nitrogens with zero attached hydrogens (tertiary/aromatic N) is 4. The van der Waals surface area contributed by atoms with Gasteiger partial charge in [-0.2, -0.15) is 5.10 Å². The molecule has 0 saturated carbocycles. The second-order valence-corrected chi connectivity index (χ2v) is 7.98. The van der Waals surface area contributed by atoms with E-state index < -0.39 is 0 Å². The van der Waals surface area contributed by atoms with Crippen molar-refractivity contribution in [2.24, 2.45) is 0 Å². The van der Waals surface area contributed by atoms with Gasteiger partial charge in [-0.3, -0.25) is 9.89 Å². The normalized spacial score (nSPS) is 21.1. The van der Waals surface area contributed by atoms with Crippen molar-refractivity contribution in [3.63, 3.8) is 0 Å². The Labute approximate surface area is 164 Å². The summed E-state index contributed by atoms with van der Waals surface area (Å²) in [6.07, 6.45) is 6.04. The fourth-order valence-electron chi connectivity index (χ4n) is 4.66. The molecule has 0 radical (unpaired) electrons. The van der Waals surface area contributed by atoms with Gasteiger partial charge in [-0.15, -0.1) is 0 Å². The van der Waals surface area contributed by atoms with E-state index >= 15 is 0 Å². The Morgan fingerprint density at radius 2 is 2.07 bits per heavy atom. The topological polar surface area (TPSA) is 74.8 Å². The summed E-state index contributed by atoms with van der Waals surface area (Å²) in [5.74, 6) is 0.779. The van der Waals surface area contributed by atoms with Gasteiger partial charge in [0.15, 0.2) is 5.82 Å². The van der Waals surface area contributed by atoms with Gasteiger partial charge in [0, 0.05) is 36.0 Å². The maximum atomic E-state index is 13.0. The third kappa shape index (κ3) is 2.80. The first-order valence-electron chi connectivity index (χ1n) is 9.88. The van der Waals surface area contributed by atoms with Gasteiger partial charge in [-0.1, -0.05) is 30.3 Å². The average Bonchev–Trinajstić information content (AvgIpc) is 3.32. The molecule has 3 heterocycles. The number of rotatable bonds is 2. The van der Waals surface area contributed by atoms with Crippen LogP contribution in [0.5, 0.6) is 0 Å². The summed E-state index contributed by atoms with van der Waals surface area (Å²) in [5, 5.41) is 7.04. The lowest BCUT2D eigenvalue weighted by Gasteiger charge is -2.40. The van der Waals surface area contributed by atoms with E-state index in [9.17, 15) is 4.79 Å². The Bertz CT molecular complexity index is 1020. The number of hydrogen-bond donors (Lipinski definition) is 1. The molecule has 1 fully saturated rings. The van der Waals surface area contributed by atoms with Gasteiger partial charge in [0.1, 0.15) is 5.69 Å². The summed E-state index contributed by atoms with van der Waals surface area (Å²) in [6.45, 7) is 3.39. The summed E-state index contributed by atoms with van der Waals surface area (Å²) in [7, 11) is 0. The third-order valence-electron chi connectivity index (χ3n) is 6.06. The quantitative estimate of drug-likeness (QED) is 0.748. The number of aryl methyl sites for hydroxylation is 2. The van der Waals surface area contributed by atoms with Crippen LogP contribution in [-0.2, 0) is 11.8 Å². The van der Waals surface area contributed by atoms with E-state index in [1.165, 1.54) is 5.56 Å². The van der Waals surface area contributed by atoms with Crippen molar-refractivity contribution in [2.75, 3.05) is 13.1 Å². The molecule has 1 spiro atoms. The van der Waals surface area contributed by atoms with Crippen molar-refractivity contribution in [3.05, 3.63) is 65.2 Å². The van der Waals surface area contributed by atoms with Crippen molar-refractivity contribution in [1.82, 2.24) is 25.1 Å². The van der Waals surface area contributed by atoms with E-state index in [1.54, 1.807) is 0 Å². The molecular formula is C22H23N5O. The predicted molar refractivity (Wildman–Crippen MR) is 106 cm³/mol. The number of carbonyl (C=O) groups is 1. The summed E-state index contributed by atoms with van der Waals surface area (Å²) < 4.78 is 0. The molecule has 1 aliphatic heterocycles. The van der Waals surface area contributed by atoms with Crippen LogP contribution in [-0.4, -0.2) is 44.1 Å². The Hall–Kier alpha value is -3.02. The molecule has 1 unspecified atom stereocenters. The highest BCUT2D eigenvalue weighted by atomic mass is 16.2. The number of carbonyl (C=O) groups excluding carboxylic acids is 1. The monoisotopic (exact) mass is 373 g/mol. The molecule has 1 saturated heterocycles. The van der Waals surface area contributed by atoms with Crippen LogP contribution in [0.3, 0.4) is 0 Å². The molecule has 1 aliphatic carbocycles. The number of aromatic nitrogens is 4. The molecule has 1 aromatic carbocycles. The van der Waals surface area contributed by atoms with Crippen LogP contribution in [0.2, 0.25) is 0 Å². The van der Waals surface area contributed by atoms with Gasteiger partial charge in [0.25, 0.3) is 5.91 Å². The Kier molecular flexibility index (Phi) is 4.00. The maximum Gasteiger partial charge on any atom is 0.274 e. The van der Waals surface area contributed by atoms with E-state index in [0.29, 0.717) is 12.2 Å². The highest BCUT2D eigenvalue weighted by Crippen LogP contribution is 2.44. The maximum absolute atomic E-state index is 13.0. The van der Waals surface area contributed by atoms with E-state index in [-0.39, 0.29) is 11.3 Å². The number of piperidine rings is 1. The number of nitrogens with one attached hydrogen (secondary N) is 1. The molecule has 1 N–H and O–H groups in total. The highest BCUT2D eigenvalue weighted by Gasteiger charge is 2.45. The molecule has 1 amide bonds. The van der Waals surface area contributed by atoms with Gasteiger partial charge in [-0.25, -0.2) is 9.97 Å². The van der Waals surface area contributed by atoms with Crippen LogP contribution >= 0.6 is 0 Å². The SMILES string of the molecule is Cc1cc(C(=O)N2CCCC3(CCc4cnc(-c5ccccc5)nc43)C2)n[nH]1. The van der Waals surface area contributed by atoms with Crippen LogP contribution in [0.15, 0.2) is 42.6 Å². The second kappa shape index (κ2) is 6.55. The standard InChI is InChI=1S/C22H23N5O/c1-15-12-18(26-25-15)21(28)27-11-5-9-22(14-27)10-8-17-13-23-20(24-19(17)22)16-6-3-2-4-7-16/h2-4,6-7,12-13H,5,8-11,14H2,1H3,(H,25,26). The first-order valence-corrected chi connectivity index (χ1v) is 9.88. The van der Waals surface area contributed by atoms with Crippen LogP contribution in [0.4, 0.5) is 0 Å². The molecule has 3 aromatic rings. The molecule has 28 heavy (non-hydrogen) atoms. The number of benzene rings is 1. The van der Waals surface area contributed by atoms with E-state index in [1.807, 2.05) is 54.4 Å². The minimum Gasteiger partial charge on any atom is -0.336 e. The zero-order valence-corrected chi connectivity index (χ0v) is 16.0. The largest absolute Gasteiger partial charge is 0.336 e. The lowest BCUT2D eigenvalue weighted by molar-refractivity contribution is 0.0627. The van der Waals surface area contributed by atoms with Crippen molar-refractivity contribution in [1.29, 1.82) is 0 Å². The molecule has 2 aliphatic rings. The number of aromatic amines is 1. The molecule has 142 valence electrons. The zero-order chi connectivity index (χ0) is 19.1. The molecule has 2 aromatic heterocycles. The second-order valence-electron chi connectivity index (χ2n) is 7.98. The predicted octanol–water partition coefficient (Wildman–Crippen LogP) is 3.30. The van der Waals surface area contributed by atoms with Gasteiger partial charge in [-0.05, 0) is 44.2 Å². The summed E-state index contributed by atoms with van der Waals surface area (Å²) in [6, 6.07) is 11.9. The van der Waals surface area contributed by atoms with Crippen LogP contribution in [0.1, 0.15) is 46.7 Å². The summed E-state index contributed by atoms with van der Waals surface area (Å²) in [4.78, 5) is 24.5. The lowest BCUT2D eigenvalue weighted by Crippen LogP contribution is -2.48. The number of likely N-dealkylation sites (tertiary alicyclic amines) is 1. The fourth-order valence-corrected chi connectivity index (χ4v) is 4.66. The number of H-pyrrole nitrogens is 1. The van der Waals surface area contributed by atoms with E-state index in [4.69, 9.17) is 4.98 Å². The number of fused-ring (bicyclic) bond motifs is 2. The van der Waals surface area contributed by atoms with Gasteiger partial charge >= 0.3 is 0 Å². The first-order chi connectivity index (χ1) is 13.6. The third-order valence-corrected chi connectivity index (χ3v) is 6.06. The van der Waals surface area contributed by atoms with Crippen molar-refractivity contribution < 1.29 is 4.79 Å². The first kappa shape index (κ1) is 17.1. The van der Waals surface area contributed by atoms with E-state index in [0.717, 1.165) is 55.0 Å². The Morgan fingerprint density at radius 1 is 1.21 bits per heavy atom. The molecule has 5 rings (SSSR count). The van der Waals surface area contributed by atoms with Crippen LogP contribution in [0.25, 0.3) is 11.4 Å². The lowest BCUT2D eigenvalue weighted by atomic mass is 9.77. The minimum atomic E-state index is -0.0684. The fraction of sp³-hybridized carbons (Fsp3) is 0.364. The smallest absolute Gasteiger partial charge is 0.274 e. The molecular weight excluding hydrogens is 350 g/mol. The highest BCUT2D eigenvalue weighted by molar-refractivity contribution is 5.92. The van der Waals surface area contributed by atoms with Crippen molar-refractivity contribution >= 4 is 5.91 Å². The Morgan fingerprint density at radius 3 is 2.86 bits per heavy atom. The summed E-state index contributed by atoms with van der Waals surface area (Å²) in [5.41, 5.74) is 4.73. The van der Waals surface area contributed by atoms with E-state index in [2.05, 4.69) is 15.2 Å². The molecule has 6 heteroatoms.